The van der Waals surface area contributed by atoms with Crippen molar-refractivity contribution >= 4 is 5.91 Å². The molecule has 5 nitrogen and oxygen atoms in total. The monoisotopic (exact) mass is 204 g/mol. The van der Waals surface area contributed by atoms with Crippen molar-refractivity contribution in [1.29, 1.82) is 0 Å². The van der Waals surface area contributed by atoms with Crippen LogP contribution in [0.1, 0.15) is 13.3 Å². The number of nitrogens with one attached hydrogen (secondary N) is 1. The average Bonchev–Trinajstić information content (AvgIpc) is 2.21. The van der Waals surface area contributed by atoms with Crippen LogP contribution in [0.15, 0.2) is 0 Å². The molecule has 0 saturated carbocycles. The van der Waals surface area contributed by atoms with Crippen LogP contribution in [0.4, 0.5) is 0 Å². The van der Waals surface area contributed by atoms with Gasteiger partial charge in [0, 0.05) is 19.7 Å². The zero-order chi connectivity index (χ0) is 10.8. The Morgan fingerprint density at radius 3 is 2.79 bits per heavy atom. The molecule has 0 radical (unpaired) electrons. The number of carbonyl (C=O) groups excluding carboxylic acids is 1. The summed E-state index contributed by atoms with van der Waals surface area (Å²) in [5, 5.41) is 2.68. The van der Waals surface area contributed by atoms with E-state index < -0.39 is 0 Å². The van der Waals surface area contributed by atoms with E-state index in [1.165, 1.54) is 0 Å². The van der Waals surface area contributed by atoms with Crippen LogP contribution in [0.5, 0.6) is 0 Å². The summed E-state index contributed by atoms with van der Waals surface area (Å²) < 4.78 is 9.79. The first-order valence-electron chi connectivity index (χ1n) is 4.79. The van der Waals surface area contributed by atoms with E-state index in [2.05, 4.69) is 5.32 Å². The summed E-state index contributed by atoms with van der Waals surface area (Å²) in [4.78, 5) is 11.1. The van der Waals surface area contributed by atoms with Gasteiger partial charge in [0.05, 0.1) is 13.2 Å². The van der Waals surface area contributed by atoms with Gasteiger partial charge in [0.1, 0.15) is 6.61 Å². The van der Waals surface area contributed by atoms with Gasteiger partial charge in [-0.25, -0.2) is 0 Å². The molecule has 3 N–H and O–H groups in total. The van der Waals surface area contributed by atoms with Crippen LogP contribution in [-0.4, -0.2) is 45.4 Å². The molecule has 84 valence electrons. The van der Waals surface area contributed by atoms with Crippen LogP contribution in [-0.2, 0) is 14.3 Å². The number of amides is 1. The summed E-state index contributed by atoms with van der Waals surface area (Å²) in [6.07, 6.45) is 0.852. The quantitative estimate of drug-likeness (QED) is 0.523. The van der Waals surface area contributed by atoms with E-state index in [1.807, 2.05) is 6.92 Å². The zero-order valence-corrected chi connectivity index (χ0v) is 8.91. The minimum atomic E-state index is -0.134. The molecular weight excluding hydrogens is 184 g/mol. The predicted octanol–water partition coefficient (Wildman–Crippen LogP) is -0.497. The zero-order valence-electron chi connectivity index (χ0n) is 8.91. The summed E-state index contributed by atoms with van der Waals surface area (Å²) in [6.45, 7) is 3.49. The van der Waals surface area contributed by atoms with E-state index in [1.54, 1.807) is 7.11 Å². The summed E-state index contributed by atoms with van der Waals surface area (Å²) in [5.41, 5.74) is 5.62. The topological polar surface area (TPSA) is 73.6 Å². The lowest BCUT2D eigenvalue weighted by atomic mass is 10.2. The first kappa shape index (κ1) is 13.4. The first-order valence-corrected chi connectivity index (χ1v) is 4.79. The molecule has 0 saturated heterocycles. The van der Waals surface area contributed by atoms with E-state index in [-0.39, 0.29) is 18.6 Å². The van der Waals surface area contributed by atoms with Gasteiger partial charge < -0.3 is 20.5 Å². The minimum absolute atomic E-state index is 0.0259. The van der Waals surface area contributed by atoms with E-state index in [9.17, 15) is 4.79 Å². The van der Waals surface area contributed by atoms with Crippen molar-refractivity contribution in [3.8, 4) is 0 Å². The molecular formula is C9H20N2O3. The standard InChI is InChI=1S/C9H20N2O3/c1-3-8(10)6-11-9(12)7-14-5-4-13-2/h8H,3-7,10H2,1-2H3,(H,11,12). The lowest BCUT2D eigenvalue weighted by Gasteiger charge is -2.10. The molecule has 1 amide bonds. The van der Waals surface area contributed by atoms with Gasteiger partial charge in [-0.05, 0) is 6.42 Å². The van der Waals surface area contributed by atoms with Crippen molar-refractivity contribution in [1.82, 2.24) is 5.32 Å². The average molecular weight is 204 g/mol. The molecule has 0 aliphatic carbocycles. The summed E-state index contributed by atoms with van der Waals surface area (Å²) in [5.74, 6) is -0.134. The molecule has 1 unspecified atom stereocenters. The normalized spacial score (nSPS) is 12.5. The maximum absolute atomic E-state index is 11.1. The van der Waals surface area contributed by atoms with Gasteiger partial charge in [0.15, 0.2) is 0 Å². The third-order valence-electron chi connectivity index (χ3n) is 1.75. The maximum Gasteiger partial charge on any atom is 0.246 e. The Balaban J connectivity index is 3.28. The highest BCUT2D eigenvalue weighted by atomic mass is 16.5. The van der Waals surface area contributed by atoms with Crippen LogP contribution in [0.25, 0.3) is 0 Å². The second kappa shape index (κ2) is 8.93. The number of rotatable bonds is 8. The van der Waals surface area contributed by atoms with Gasteiger partial charge in [-0.15, -0.1) is 0 Å². The predicted molar refractivity (Wildman–Crippen MR) is 54.0 cm³/mol. The summed E-state index contributed by atoms with van der Waals surface area (Å²) >= 11 is 0. The fourth-order valence-electron chi connectivity index (χ4n) is 0.747. The fourth-order valence-corrected chi connectivity index (χ4v) is 0.747. The van der Waals surface area contributed by atoms with Crippen LogP contribution in [0.3, 0.4) is 0 Å². The molecule has 0 spiro atoms. The molecule has 0 bridgehead atoms. The molecule has 0 heterocycles. The first-order chi connectivity index (χ1) is 6.70. The third kappa shape index (κ3) is 7.97. The largest absolute Gasteiger partial charge is 0.382 e. The Morgan fingerprint density at radius 2 is 2.21 bits per heavy atom. The van der Waals surface area contributed by atoms with Crippen LogP contribution in [0, 0.1) is 0 Å². The highest BCUT2D eigenvalue weighted by Gasteiger charge is 2.03. The van der Waals surface area contributed by atoms with Gasteiger partial charge in [-0.2, -0.15) is 0 Å². The molecule has 0 rings (SSSR count). The van der Waals surface area contributed by atoms with Crippen LogP contribution < -0.4 is 11.1 Å². The van der Waals surface area contributed by atoms with Gasteiger partial charge >= 0.3 is 0 Å². The third-order valence-corrected chi connectivity index (χ3v) is 1.75. The number of carbonyl (C=O) groups is 1. The van der Waals surface area contributed by atoms with Crippen molar-refractivity contribution in [3.63, 3.8) is 0 Å². The van der Waals surface area contributed by atoms with Gasteiger partial charge in [-0.1, -0.05) is 6.92 Å². The van der Waals surface area contributed by atoms with Crippen molar-refractivity contribution < 1.29 is 14.3 Å². The minimum Gasteiger partial charge on any atom is -0.382 e. The Labute approximate surface area is 84.9 Å². The smallest absolute Gasteiger partial charge is 0.246 e. The van der Waals surface area contributed by atoms with E-state index in [0.717, 1.165) is 6.42 Å². The molecule has 0 aliphatic rings. The van der Waals surface area contributed by atoms with Gasteiger partial charge in [0.25, 0.3) is 0 Å². The molecule has 0 aromatic carbocycles. The Morgan fingerprint density at radius 1 is 1.50 bits per heavy atom. The van der Waals surface area contributed by atoms with Gasteiger partial charge in [0.2, 0.25) is 5.91 Å². The van der Waals surface area contributed by atoms with Crippen molar-refractivity contribution in [2.75, 3.05) is 33.5 Å². The van der Waals surface area contributed by atoms with Crippen molar-refractivity contribution in [2.45, 2.75) is 19.4 Å². The molecule has 1 atom stereocenters. The van der Waals surface area contributed by atoms with Crippen molar-refractivity contribution in [2.24, 2.45) is 5.73 Å². The summed E-state index contributed by atoms with van der Waals surface area (Å²) in [7, 11) is 1.59. The molecule has 0 aromatic heterocycles. The second-order valence-corrected chi connectivity index (χ2v) is 3.02. The maximum atomic E-state index is 11.1. The number of methoxy groups -OCH3 is 1. The van der Waals surface area contributed by atoms with Gasteiger partial charge in [-0.3, -0.25) is 4.79 Å². The van der Waals surface area contributed by atoms with Crippen molar-refractivity contribution in [3.05, 3.63) is 0 Å². The lowest BCUT2D eigenvalue weighted by molar-refractivity contribution is -0.126. The fraction of sp³-hybridized carbons (Fsp3) is 0.889. The number of ether oxygens (including phenoxy) is 2. The molecule has 14 heavy (non-hydrogen) atoms. The lowest BCUT2D eigenvalue weighted by Crippen LogP contribution is -2.38. The summed E-state index contributed by atoms with van der Waals surface area (Å²) in [6, 6.07) is 0.0259. The second-order valence-electron chi connectivity index (χ2n) is 3.02. The molecule has 0 aliphatic heterocycles. The van der Waals surface area contributed by atoms with E-state index in [0.29, 0.717) is 19.8 Å². The number of hydrogen-bond donors (Lipinski definition) is 2. The highest BCUT2D eigenvalue weighted by Crippen LogP contribution is 1.83. The van der Waals surface area contributed by atoms with Crippen LogP contribution in [0.2, 0.25) is 0 Å². The Kier molecular flexibility index (Phi) is 8.51. The number of hydrogen-bond acceptors (Lipinski definition) is 4. The van der Waals surface area contributed by atoms with Crippen LogP contribution >= 0.6 is 0 Å². The highest BCUT2D eigenvalue weighted by molar-refractivity contribution is 5.77. The number of nitrogens with two attached hydrogens (primary N) is 1. The molecule has 5 heteroatoms. The molecule has 0 aromatic rings. The molecule has 0 fully saturated rings. The van der Waals surface area contributed by atoms with E-state index in [4.69, 9.17) is 15.2 Å². The Hall–Kier alpha value is -0.650. The SMILES string of the molecule is CCC(N)CNC(=O)COCCOC. The Bertz CT molecular complexity index is 153. The van der Waals surface area contributed by atoms with E-state index >= 15 is 0 Å².